The summed E-state index contributed by atoms with van der Waals surface area (Å²) in [5, 5.41) is 10.1. The number of nitrogens with zero attached hydrogens (tertiary/aromatic N) is 2. The maximum absolute atomic E-state index is 11.7. The van der Waals surface area contributed by atoms with Gasteiger partial charge in [0.15, 0.2) is 0 Å². The molecule has 1 heterocycles. The molecular formula is C11H18N4O3. The minimum atomic E-state index is -0.402. The molecule has 7 nitrogen and oxygen atoms in total. The molecule has 0 aromatic carbocycles. The zero-order valence-electron chi connectivity index (χ0n) is 10.7. The molecular weight excluding hydrogens is 236 g/mol. The Morgan fingerprint density at radius 3 is 2.67 bits per heavy atom. The van der Waals surface area contributed by atoms with Crippen molar-refractivity contribution >= 4 is 23.4 Å². The van der Waals surface area contributed by atoms with Crippen LogP contribution in [-0.4, -0.2) is 48.6 Å². The lowest BCUT2D eigenvalue weighted by Gasteiger charge is -2.18. The molecule has 0 aromatic rings. The number of carbonyl (C=O) groups is 3. The summed E-state index contributed by atoms with van der Waals surface area (Å²) in [6, 6.07) is 0. The SMILES string of the molecule is CCCNC(=O)CNC(=O)C1=NN(C)C(=O)CC1. The van der Waals surface area contributed by atoms with Crippen LogP contribution < -0.4 is 10.6 Å². The molecule has 0 bridgehead atoms. The summed E-state index contributed by atoms with van der Waals surface area (Å²) in [4.78, 5) is 34.1. The first kappa shape index (κ1) is 14.1. The first-order valence-corrected chi connectivity index (χ1v) is 5.93. The van der Waals surface area contributed by atoms with Crippen molar-refractivity contribution in [1.29, 1.82) is 0 Å². The standard InChI is InChI=1S/C11H18N4O3/c1-3-6-12-9(16)7-13-11(18)8-4-5-10(17)15(2)14-8/h3-7H2,1-2H3,(H,12,16)(H,13,18). The Morgan fingerprint density at radius 1 is 1.33 bits per heavy atom. The third-order valence-corrected chi connectivity index (χ3v) is 2.45. The lowest BCUT2D eigenvalue weighted by atomic mass is 10.1. The molecule has 18 heavy (non-hydrogen) atoms. The Balaban J connectivity index is 2.39. The fourth-order valence-corrected chi connectivity index (χ4v) is 1.42. The quantitative estimate of drug-likeness (QED) is 0.675. The molecule has 1 rings (SSSR count). The molecule has 1 aliphatic heterocycles. The molecule has 0 spiro atoms. The topological polar surface area (TPSA) is 90.9 Å². The Labute approximate surface area is 106 Å². The van der Waals surface area contributed by atoms with Gasteiger partial charge in [-0.25, -0.2) is 5.01 Å². The van der Waals surface area contributed by atoms with E-state index >= 15 is 0 Å². The molecule has 2 N–H and O–H groups in total. The van der Waals surface area contributed by atoms with Gasteiger partial charge in [-0.05, 0) is 6.42 Å². The first-order valence-electron chi connectivity index (χ1n) is 5.93. The molecule has 7 heteroatoms. The fraction of sp³-hybridized carbons (Fsp3) is 0.636. The number of carbonyl (C=O) groups excluding carboxylic acids is 3. The van der Waals surface area contributed by atoms with Crippen LogP contribution in [0.3, 0.4) is 0 Å². The van der Waals surface area contributed by atoms with Crippen molar-refractivity contribution in [2.45, 2.75) is 26.2 Å². The summed E-state index contributed by atoms with van der Waals surface area (Å²) in [5.74, 6) is -0.751. The van der Waals surface area contributed by atoms with Crippen LogP contribution in [0.15, 0.2) is 5.10 Å². The molecule has 1 aliphatic rings. The predicted molar refractivity (Wildman–Crippen MR) is 65.7 cm³/mol. The second-order valence-corrected chi connectivity index (χ2v) is 4.00. The second kappa shape index (κ2) is 6.73. The summed E-state index contributed by atoms with van der Waals surface area (Å²) in [5.41, 5.74) is 0.278. The third kappa shape index (κ3) is 4.15. The second-order valence-electron chi connectivity index (χ2n) is 4.00. The number of hydrogen-bond donors (Lipinski definition) is 2. The van der Waals surface area contributed by atoms with Gasteiger partial charge in [0.2, 0.25) is 11.8 Å². The van der Waals surface area contributed by atoms with Gasteiger partial charge in [-0.2, -0.15) is 5.10 Å². The lowest BCUT2D eigenvalue weighted by molar-refractivity contribution is -0.130. The van der Waals surface area contributed by atoms with Crippen LogP contribution in [0.4, 0.5) is 0 Å². The van der Waals surface area contributed by atoms with Crippen molar-refractivity contribution in [2.75, 3.05) is 20.1 Å². The summed E-state index contributed by atoms with van der Waals surface area (Å²) < 4.78 is 0. The molecule has 0 saturated carbocycles. The van der Waals surface area contributed by atoms with Crippen molar-refractivity contribution in [3.8, 4) is 0 Å². The molecule has 0 aliphatic carbocycles. The van der Waals surface area contributed by atoms with Gasteiger partial charge in [0.05, 0.1) is 6.54 Å². The molecule has 0 atom stereocenters. The molecule has 100 valence electrons. The number of nitrogens with one attached hydrogen (secondary N) is 2. The van der Waals surface area contributed by atoms with Crippen LogP contribution in [0, 0.1) is 0 Å². The zero-order chi connectivity index (χ0) is 13.5. The first-order chi connectivity index (χ1) is 8.54. The maximum atomic E-state index is 11.7. The highest BCUT2D eigenvalue weighted by Gasteiger charge is 2.21. The third-order valence-electron chi connectivity index (χ3n) is 2.45. The molecule has 0 radical (unpaired) electrons. The van der Waals surface area contributed by atoms with Gasteiger partial charge in [-0.3, -0.25) is 14.4 Å². The van der Waals surface area contributed by atoms with Gasteiger partial charge >= 0.3 is 0 Å². The minimum Gasteiger partial charge on any atom is -0.355 e. The van der Waals surface area contributed by atoms with Gasteiger partial charge in [-0.1, -0.05) is 6.92 Å². The Bertz CT molecular complexity index is 378. The molecule has 0 fully saturated rings. The molecule has 0 unspecified atom stereocenters. The molecule has 0 aromatic heterocycles. The van der Waals surface area contributed by atoms with E-state index in [2.05, 4.69) is 15.7 Å². The summed E-state index contributed by atoms with van der Waals surface area (Å²) in [6.45, 7) is 2.46. The van der Waals surface area contributed by atoms with Crippen LogP contribution >= 0.6 is 0 Å². The minimum absolute atomic E-state index is 0.0739. The van der Waals surface area contributed by atoms with Gasteiger partial charge in [0.1, 0.15) is 5.71 Å². The highest BCUT2D eigenvalue weighted by Crippen LogP contribution is 2.06. The van der Waals surface area contributed by atoms with Gasteiger partial charge in [0, 0.05) is 26.4 Å². The number of hydrogen-bond acceptors (Lipinski definition) is 4. The number of rotatable bonds is 5. The molecule has 3 amide bonds. The van der Waals surface area contributed by atoms with Crippen LogP contribution in [0.1, 0.15) is 26.2 Å². The highest BCUT2D eigenvalue weighted by atomic mass is 16.2. The lowest BCUT2D eigenvalue weighted by Crippen LogP contribution is -2.42. The summed E-state index contributed by atoms with van der Waals surface area (Å²) in [7, 11) is 1.50. The van der Waals surface area contributed by atoms with Crippen molar-refractivity contribution < 1.29 is 14.4 Å². The monoisotopic (exact) mass is 254 g/mol. The van der Waals surface area contributed by atoms with Crippen molar-refractivity contribution in [3.05, 3.63) is 0 Å². The average molecular weight is 254 g/mol. The summed E-state index contributed by atoms with van der Waals surface area (Å²) in [6.07, 6.45) is 1.43. The van der Waals surface area contributed by atoms with Crippen molar-refractivity contribution in [2.24, 2.45) is 5.10 Å². The predicted octanol–water partition coefficient (Wildman–Crippen LogP) is -0.763. The Hall–Kier alpha value is -1.92. The highest BCUT2D eigenvalue weighted by molar-refractivity contribution is 6.39. The van der Waals surface area contributed by atoms with Crippen molar-refractivity contribution in [3.63, 3.8) is 0 Å². The van der Waals surface area contributed by atoms with Crippen LogP contribution in [0.25, 0.3) is 0 Å². The van der Waals surface area contributed by atoms with E-state index < -0.39 is 5.91 Å². The van der Waals surface area contributed by atoms with E-state index in [1.165, 1.54) is 7.05 Å². The van der Waals surface area contributed by atoms with Gasteiger partial charge < -0.3 is 10.6 Å². The van der Waals surface area contributed by atoms with Crippen molar-refractivity contribution in [1.82, 2.24) is 15.6 Å². The van der Waals surface area contributed by atoms with E-state index in [1.54, 1.807) is 0 Å². The van der Waals surface area contributed by atoms with E-state index in [4.69, 9.17) is 0 Å². The normalized spacial score (nSPS) is 15.1. The Kier molecular flexibility index (Phi) is 5.29. The van der Waals surface area contributed by atoms with Gasteiger partial charge in [0.25, 0.3) is 5.91 Å². The van der Waals surface area contributed by atoms with E-state index in [9.17, 15) is 14.4 Å². The van der Waals surface area contributed by atoms with Crippen LogP contribution in [0.5, 0.6) is 0 Å². The number of hydrazone groups is 1. The van der Waals surface area contributed by atoms with Crippen LogP contribution in [0.2, 0.25) is 0 Å². The largest absolute Gasteiger partial charge is 0.355 e. The van der Waals surface area contributed by atoms with E-state index in [-0.39, 0.29) is 30.5 Å². The Morgan fingerprint density at radius 2 is 2.06 bits per heavy atom. The van der Waals surface area contributed by atoms with E-state index in [1.807, 2.05) is 6.92 Å². The fourth-order valence-electron chi connectivity index (χ4n) is 1.42. The van der Waals surface area contributed by atoms with Gasteiger partial charge in [-0.15, -0.1) is 0 Å². The molecule has 0 saturated heterocycles. The number of amides is 3. The zero-order valence-corrected chi connectivity index (χ0v) is 10.7. The van der Waals surface area contributed by atoms with E-state index in [0.29, 0.717) is 13.0 Å². The average Bonchev–Trinajstić information content (AvgIpc) is 2.36. The smallest absolute Gasteiger partial charge is 0.267 e. The van der Waals surface area contributed by atoms with E-state index in [0.717, 1.165) is 11.4 Å². The maximum Gasteiger partial charge on any atom is 0.267 e. The summed E-state index contributed by atoms with van der Waals surface area (Å²) >= 11 is 0. The van der Waals surface area contributed by atoms with Crippen LogP contribution in [-0.2, 0) is 14.4 Å².